The lowest BCUT2D eigenvalue weighted by molar-refractivity contribution is -0.0170. The van der Waals surface area contributed by atoms with E-state index in [0.29, 0.717) is 11.7 Å². The lowest BCUT2D eigenvalue weighted by atomic mass is 9.96. The number of benzene rings is 1. The molecule has 170 valence electrons. The quantitative estimate of drug-likeness (QED) is 0.480. The van der Waals surface area contributed by atoms with Gasteiger partial charge in [0.2, 0.25) is 5.95 Å². The molecule has 0 spiro atoms. The van der Waals surface area contributed by atoms with Gasteiger partial charge in [0.25, 0.3) is 0 Å². The van der Waals surface area contributed by atoms with E-state index < -0.39 is 0 Å². The van der Waals surface area contributed by atoms with Crippen LogP contribution in [0, 0.1) is 6.92 Å². The van der Waals surface area contributed by atoms with Crippen molar-refractivity contribution >= 4 is 28.4 Å². The molecule has 3 aromatic heterocycles. The molecule has 1 aromatic carbocycles. The van der Waals surface area contributed by atoms with E-state index in [1.54, 1.807) is 20.4 Å². The highest BCUT2D eigenvalue weighted by Gasteiger charge is 2.40. The fourth-order valence-electron chi connectivity index (χ4n) is 4.17. The molecular formula is C24H27N7O2. The van der Waals surface area contributed by atoms with Gasteiger partial charge in [-0.05, 0) is 38.1 Å². The van der Waals surface area contributed by atoms with Crippen LogP contribution in [0.3, 0.4) is 0 Å². The Morgan fingerprint density at radius 1 is 1.09 bits per heavy atom. The summed E-state index contributed by atoms with van der Waals surface area (Å²) in [6.45, 7) is 5.62. The molecule has 4 aromatic rings. The minimum absolute atomic E-state index is 0.159. The van der Waals surface area contributed by atoms with Gasteiger partial charge in [-0.1, -0.05) is 0 Å². The third-order valence-electron chi connectivity index (χ3n) is 6.05. The van der Waals surface area contributed by atoms with Gasteiger partial charge in [-0.3, -0.25) is 0 Å². The minimum Gasteiger partial charge on any atom is -0.495 e. The van der Waals surface area contributed by atoms with Crippen molar-refractivity contribution in [3.63, 3.8) is 0 Å². The van der Waals surface area contributed by atoms with E-state index in [1.807, 2.05) is 55.2 Å². The summed E-state index contributed by atoms with van der Waals surface area (Å²) in [6, 6.07) is 7.90. The van der Waals surface area contributed by atoms with Crippen LogP contribution in [-0.2, 0) is 11.8 Å². The first-order chi connectivity index (χ1) is 15.9. The number of nitrogens with one attached hydrogen (secondary N) is 1. The van der Waals surface area contributed by atoms with E-state index in [0.717, 1.165) is 52.6 Å². The van der Waals surface area contributed by atoms with Gasteiger partial charge in [0, 0.05) is 49.4 Å². The first kappa shape index (κ1) is 21.1. The van der Waals surface area contributed by atoms with E-state index in [1.165, 1.54) is 0 Å². The van der Waals surface area contributed by atoms with Crippen molar-refractivity contribution < 1.29 is 9.47 Å². The molecule has 1 fully saturated rings. The molecule has 9 nitrogen and oxygen atoms in total. The minimum atomic E-state index is -0.159. The normalized spacial score (nSPS) is 14.9. The van der Waals surface area contributed by atoms with Crippen LogP contribution in [0.25, 0.3) is 22.3 Å². The van der Waals surface area contributed by atoms with E-state index >= 15 is 0 Å². The number of nitrogens with zero attached hydrogens (tertiary/aromatic N) is 6. The van der Waals surface area contributed by atoms with Gasteiger partial charge in [0.05, 0.1) is 31.5 Å². The van der Waals surface area contributed by atoms with Crippen molar-refractivity contribution in [2.24, 2.45) is 7.05 Å². The number of aryl methyl sites for hydroxylation is 2. The van der Waals surface area contributed by atoms with E-state index in [-0.39, 0.29) is 5.60 Å². The van der Waals surface area contributed by atoms with Gasteiger partial charge in [0.15, 0.2) is 5.82 Å². The second kappa shape index (κ2) is 8.00. The maximum atomic E-state index is 5.63. The Morgan fingerprint density at radius 3 is 2.61 bits per heavy atom. The highest BCUT2D eigenvalue weighted by atomic mass is 16.5. The molecule has 0 radical (unpaired) electrons. The smallest absolute Gasteiger partial charge is 0.227 e. The van der Waals surface area contributed by atoms with Gasteiger partial charge >= 0.3 is 0 Å². The number of ether oxygens (including phenoxy) is 2. The van der Waals surface area contributed by atoms with Crippen molar-refractivity contribution in [2.75, 3.05) is 37.5 Å². The Kier molecular flexibility index (Phi) is 5.13. The zero-order valence-corrected chi connectivity index (χ0v) is 19.5. The number of anilines is 3. The zero-order valence-electron chi connectivity index (χ0n) is 19.5. The number of pyridine rings is 1. The molecule has 4 heterocycles. The van der Waals surface area contributed by atoms with Crippen molar-refractivity contribution in [1.82, 2.24) is 24.5 Å². The molecule has 5 rings (SSSR count). The van der Waals surface area contributed by atoms with Gasteiger partial charge in [-0.25, -0.2) is 19.9 Å². The summed E-state index contributed by atoms with van der Waals surface area (Å²) in [5.41, 5.74) is 3.31. The molecule has 0 bridgehead atoms. The Morgan fingerprint density at radius 2 is 1.91 bits per heavy atom. The highest BCUT2D eigenvalue weighted by Crippen LogP contribution is 2.35. The molecule has 33 heavy (non-hydrogen) atoms. The molecular weight excluding hydrogens is 418 g/mol. The fourth-order valence-corrected chi connectivity index (χ4v) is 4.17. The van der Waals surface area contributed by atoms with Crippen LogP contribution in [0.4, 0.5) is 17.5 Å². The molecule has 1 N–H and O–H groups in total. The van der Waals surface area contributed by atoms with Gasteiger partial charge in [-0.15, -0.1) is 0 Å². The van der Waals surface area contributed by atoms with Crippen LogP contribution in [-0.4, -0.2) is 57.4 Å². The summed E-state index contributed by atoms with van der Waals surface area (Å²) in [5.74, 6) is 2.88. The predicted octanol–water partition coefficient (Wildman–Crippen LogP) is 3.71. The summed E-state index contributed by atoms with van der Waals surface area (Å²) in [6.07, 6.45) is 5.52. The van der Waals surface area contributed by atoms with Gasteiger partial charge < -0.3 is 24.3 Å². The Hall–Kier alpha value is -3.72. The summed E-state index contributed by atoms with van der Waals surface area (Å²) in [7, 11) is 5.35. The topological polar surface area (TPSA) is 90.2 Å². The van der Waals surface area contributed by atoms with Crippen molar-refractivity contribution in [1.29, 1.82) is 0 Å². The van der Waals surface area contributed by atoms with Crippen LogP contribution in [0.1, 0.15) is 12.6 Å². The summed E-state index contributed by atoms with van der Waals surface area (Å²) < 4.78 is 13.2. The maximum absolute atomic E-state index is 5.63. The number of fused-ring (bicyclic) bond motifs is 1. The van der Waals surface area contributed by atoms with Gasteiger partial charge in [-0.2, -0.15) is 0 Å². The van der Waals surface area contributed by atoms with Crippen molar-refractivity contribution in [3.8, 4) is 17.1 Å². The first-order valence-corrected chi connectivity index (χ1v) is 10.8. The zero-order chi connectivity index (χ0) is 23.2. The number of methoxy groups -OCH3 is 2. The van der Waals surface area contributed by atoms with Crippen molar-refractivity contribution in [2.45, 2.75) is 19.4 Å². The average Bonchev–Trinajstić information content (AvgIpc) is 3.22. The molecule has 0 amide bonds. The summed E-state index contributed by atoms with van der Waals surface area (Å²) >= 11 is 0. The molecule has 1 aliphatic rings. The monoisotopic (exact) mass is 445 g/mol. The number of hydrogen-bond donors (Lipinski definition) is 1. The molecule has 1 saturated heterocycles. The fraction of sp³-hybridized carbons (Fsp3) is 0.333. The second-order valence-corrected chi connectivity index (χ2v) is 8.63. The maximum Gasteiger partial charge on any atom is 0.227 e. The second-order valence-electron chi connectivity index (χ2n) is 8.63. The van der Waals surface area contributed by atoms with Crippen LogP contribution in [0.15, 0.2) is 42.9 Å². The Balaban J connectivity index is 1.48. The number of rotatable bonds is 6. The molecule has 0 atom stereocenters. The van der Waals surface area contributed by atoms with Crippen molar-refractivity contribution in [3.05, 3.63) is 48.5 Å². The third-order valence-corrected chi connectivity index (χ3v) is 6.05. The molecule has 0 aliphatic carbocycles. The number of imidazole rings is 1. The Labute approximate surface area is 192 Å². The van der Waals surface area contributed by atoms with Crippen LogP contribution in [0.2, 0.25) is 0 Å². The Bertz CT molecular complexity index is 1330. The molecule has 0 saturated carbocycles. The van der Waals surface area contributed by atoms with Crippen LogP contribution >= 0.6 is 0 Å². The van der Waals surface area contributed by atoms with E-state index in [9.17, 15) is 0 Å². The number of hydrogen-bond acceptors (Lipinski definition) is 8. The predicted molar refractivity (Wildman–Crippen MR) is 128 cm³/mol. The molecule has 9 heteroatoms. The average molecular weight is 446 g/mol. The molecule has 0 unspecified atom stereocenters. The largest absolute Gasteiger partial charge is 0.495 e. The SMILES string of the molecule is COc1cc(-c2nccn2C)ccc1Nc1ncc2cc(C)nc(N3CC(C)(OC)C3)c2n1. The standard InChI is InChI=1S/C24H27N7O2/c1-15-10-17-12-26-23(29-20(17)22(27-15)31-13-24(2,14-31)33-5)28-18-7-6-16(11-19(18)32-4)21-25-8-9-30(21)3/h6-12H,13-14H2,1-5H3,(H,26,28,29). The number of aromatic nitrogens is 5. The van der Waals surface area contributed by atoms with E-state index in [4.69, 9.17) is 19.4 Å². The highest BCUT2D eigenvalue weighted by molar-refractivity contribution is 5.90. The summed E-state index contributed by atoms with van der Waals surface area (Å²) in [5, 5.41) is 4.25. The van der Waals surface area contributed by atoms with E-state index in [2.05, 4.69) is 27.1 Å². The lowest BCUT2D eigenvalue weighted by Crippen LogP contribution is -2.61. The molecule has 1 aliphatic heterocycles. The van der Waals surface area contributed by atoms with Crippen LogP contribution in [0.5, 0.6) is 5.75 Å². The third kappa shape index (κ3) is 3.84. The first-order valence-electron chi connectivity index (χ1n) is 10.8. The van der Waals surface area contributed by atoms with Gasteiger partial charge in [0.1, 0.15) is 17.1 Å². The van der Waals surface area contributed by atoms with Crippen LogP contribution < -0.4 is 15.0 Å². The summed E-state index contributed by atoms with van der Waals surface area (Å²) in [4.78, 5) is 20.7. The lowest BCUT2D eigenvalue weighted by Gasteiger charge is -2.47.